The molecule has 0 aromatic heterocycles. The number of anilines is 1. The topological polar surface area (TPSA) is 62.1 Å². The first-order valence-corrected chi connectivity index (χ1v) is 10.7. The molecule has 4 heteroatoms. The molecule has 0 bridgehead atoms. The van der Waals surface area contributed by atoms with Crippen LogP contribution in [0.5, 0.6) is 5.75 Å². The van der Waals surface area contributed by atoms with Crippen LogP contribution >= 0.6 is 0 Å². The van der Waals surface area contributed by atoms with Gasteiger partial charge in [0.1, 0.15) is 24.0 Å². The van der Waals surface area contributed by atoms with Crippen molar-refractivity contribution < 1.29 is 9.53 Å². The van der Waals surface area contributed by atoms with Crippen LogP contribution in [0.25, 0.3) is 16.8 Å². The van der Waals surface area contributed by atoms with Crippen LogP contribution in [0.3, 0.4) is 0 Å². The summed E-state index contributed by atoms with van der Waals surface area (Å²) in [5.41, 5.74) is 4.62. The van der Waals surface area contributed by atoms with Gasteiger partial charge in [0, 0.05) is 16.8 Å². The van der Waals surface area contributed by atoms with Gasteiger partial charge in [0.15, 0.2) is 0 Å². The van der Waals surface area contributed by atoms with E-state index in [0.29, 0.717) is 23.6 Å². The van der Waals surface area contributed by atoms with E-state index < -0.39 is 5.91 Å². The van der Waals surface area contributed by atoms with E-state index in [1.165, 1.54) is 0 Å². The number of hydrogen-bond donors (Lipinski definition) is 1. The molecule has 0 radical (unpaired) electrons. The molecule has 162 valence electrons. The van der Waals surface area contributed by atoms with Gasteiger partial charge >= 0.3 is 0 Å². The molecular formula is C29H24N2O2. The van der Waals surface area contributed by atoms with Crippen molar-refractivity contribution in [1.82, 2.24) is 0 Å². The van der Waals surface area contributed by atoms with Gasteiger partial charge in [-0.15, -0.1) is 0 Å². The Balaban J connectivity index is 1.58. The Kier molecular flexibility index (Phi) is 6.52. The van der Waals surface area contributed by atoms with Gasteiger partial charge in [0.2, 0.25) is 0 Å². The molecule has 4 rings (SSSR count). The van der Waals surface area contributed by atoms with E-state index in [1.807, 2.05) is 67.6 Å². The summed E-state index contributed by atoms with van der Waals surface area (Å²) in [5, 5.41) is 14.7. The predicted octanol–water partition coefficient (Wildman–Crippen LogP) is 6.58. The van der Waals surface area contributed by atoms with Gasteiger partial charge in [-0.3, -0.25) is 4.79 Å². The molecule has 0 saturated heterocycles. The van der Waals surface area contributed by atoms with E-state index in [2.05, 4.69) is 36.5 Å². The van der Waals surface area contributed by atoms with Crippen molar-refractivity contribution >= 4 is 28.4 Å². The van der Waals surface area contributed by atoms with Crippen LogP contribution in [0.1, 0.15) is 22.3 Å². The lowest BCUT2D eigenvalue weighted by molar-refractivity contribution is -0.112. The van der Waals surface area contributed by atoms with Crippen molar-refractivity contribution in [2.24, 2.45) is 0 Å². The van der Waals surface area contributed by atoms with E-state index in [1.54, 1.807) is 12.1 Å². The molecule has 0 heterocycles. The van der Waals surface area contributed by atoms with Crippen LogP contribution in [-0.4, -0.2) is 5.91 Å². The summed E-state index contributed by atoms with van der Waals surface area (Å²) in [6.45, 7) is 4.40. The number of carbonyl (C=O) groups excluding carboxylic acids is 1. The average Bonchev–Trinajstić information content (AvgIpc) is 2.82. The summed E-state index contributed by atoms with van der Waals surface area (Å²) in [7, 11) is 0. The highest BCUT2D eigenvalue weighted by molar-refractivity contribution is 6.09. The predicted molar refractivity (Wildman–Crippen MR) is 133 cm³/mol. The Labute approximate surface area is 193 Å². The molecule has 1 amide bonds. The first-order chi connectivity index (χ1) is 16.0. The average molecular weight is 433 g/mol. The zero-order valence-corrected chi connectivity index (χ0v) is 18.6. The number of nitrogens with zero attached hydrogens (tertiary/aromatic N) is 1. The quantitative estimate of drug-likeness (QED) is 0.276. The molecular weight excluding hydrogens is 408 g/mol. The molecule has 0 aliphatic heterocycles. The minimum absolute atomic E-state index is 0.00824. The van der Waals surface area contributed by atoms with Gasteiger partial charge in [-0.25, -0.2) is 0 Å². The van der Waals surface area contributed by atoms with Crippen molar-refractivity contribution in [2.45, 2.75) is 20.5 Å². The summed E-state index contributed by atoms with van der Waals surface area (Å²) in [5.74, 6) is 0.156. The fraction of sp³-hybridized carbons (Fsp3) is 0.103. The fourth-order valence-corrected chi connectivity index (χ4v) is 3.74. The summed E-state index contributed by atoms with van der Waals surface area (Å²) in [6, 6.07) is 29.3. The van der Waals surface area contributed by atoms with E-state index in [0.717, 1.165) is 27.5 Å². The Morgan fingerprint density at radius 3 is 2.58 bits per heavy atom. The zero-order chi connectivity index (χ0) is 23.2. The molecule has 0 unspecified atom stereocenters. The van der Waals surface area contributed by atoms with Crippen LogP contribution in [-0.2, 0) is 11.4 Å². The van der Waals surface area contributed by atoms with Gasteiger partial charge in [-0.1, -0.05) is 66.7 Å². The van der Waals surface area contributed by atoms with Gasteiger partial charge < -0.3 is 10.1 Å². The first kappa shape index (κ1) is 21.9. The van der Waals surface area contributed by atoms with E-state index in [9.17, 15) is 10.1 Å². The second-order valence-electron chi connectivity index (χ2n) is 7.90. The number of amides is 1. The standard InChI is InChI=1S/C29H24N2O2/c1-20-8-7-11-25(16-20)31-29(32)24(18-30)17-23-10-4-6-13-28(23)33-19-27-21(2)14-15-22-9-3-5-12-26(22)27/h3-17H,19H2,1-2H3,(H,31,32). The second kappa shape index (κ2) is 9.84. The minimum Gasteiger partial charge on any atom is -0.488 e. The Morgan fingerprint density at radius 1 is 0.970 bits per heavy atom. The third-order valence-electron chi connectivity index (χ3n) is 5.51. The molecule has 1 N–H and O–H groups in total. The van der Waals surface area contributed by atoms with E-state index in [-0.39, 0.29) is 5.57 Å². The van der Waals surface area contributed by atoms with E-state index >= 15 is 0 Å². The number of fused-ring (bicyclic) bond motifs is 1. The highest BCUT2D eigenvalue weighted by atomic mass is 16.5. The lowest BCUT2D eigenvalue weighted by Crippen LogP contribution is -2.13. The molecule has 0 spiro atoms. The maximum atomic E-state index is 12.7. The fourth-order valence-electron chi connectivity index (χ4n) is 3.74. The first-order valence-electron chi connectivity index (χ1n) is 10.7. The zero-order valence-electron chi connectivity index (χ0n) is 18.6. The number of aryl methyl sites for hydroxylation is 2. The molecule has 4 nitrogen and oxygen atoms in total. The van der Waals surface area contributed by atoms with Crippen molar-refractivity contribution in [3.63, 3.8) is 0 Å². The normalized spacial score (nSPS) is 11.1. The van der Waals surface area contributed by atoms with Gasteiger partial charge in [-0.2, -0.15) is 5.26 Å². The molecule has 0 saturated carbocycles. The number of ether oxygens (including phenoxy) is 1. The Hall–Kier alpha value is -4.36. The van der Waals surface area contributed by atoms with Gasteiger partial charge in [0.05, 0.1) is 0 Å². The third-order valence-corrected chi connectivity index (χ3v) is 5.51. The highest BCUT2D eigenvalue weighted by Crippen LogP contribution is 2.26. The van der Waals surface area contributed by atoms with Crippen LogP contribution in [0.4, 0.5) is 5.69 Å². The number of carbonyl (C=O) groups is 1. The van der Waals surface area contributed by atoms with Gasteiger partial charge in [-0.05, 0) is 60.0 Å². The molecule has 0 fully saturated rings. The number of nitrogens with one attached hydrogen (secondary N) is 1. The molecule has 0 aliphatic carbocycles. The molecule has 33 heavy (non-hydrogen) atoms. The van der Waals surface area contributed by atoms with Crippen molar-refractivity contribution in [1.29, 1.82) is 5.26 Å². The van der Waals surface area contributed by atoms with Crippen LogP contribution < -0.4 is 10.1 Å². The lowest BCUT2D eigenvalue weighted by Gasteiger charge is -2.14. The monoisotopic (exact) mass is 432 g/mol. The SMILES string of the molecule is Cc1cccc(NC(=O)C(C#N)=Cc2ccccc2OCc2c(C)ccc3ccccc23)c1. The molecule has 4 aromatic carbocycles. The van der Waals surface area contributed by atoms with Crippen molar-refractivity contribution in [3.8, 4) is 11.8 Å². The largest absolute Gasteiger partial charge is 0.488 e. The molecule has 0 aliphatic rings. The summed E-state index contributed by atoms with van der Waals surface area (Å²) in [4.78, 5) is 12.7. The maximum Gasteiger partial charge on any atom is 0.266 e. The minimum atomic E-state index is -0.456. The Morgan fingerprint density at radius 2 is 1.76 bits per heavy atom. The summed E-state index contributed by atoms with van der Waals surface area (Å²) >= 11 is 0. The van der Waals surface area contributed by atoms with Crippen LogP contribution in [0.2, 0.25) is 0 Å². The smallest absolute Gasteiger partial charge is 0.266 e. The van der Waals surface area contributed by atoms with E-state index in [4.69, 9.17) is 4.74 Å². The molecule has 0 atom stereocenters. The highest BCUT2D eigenvalue weighted by Gasteiger charge is 2.12. The van der Waals surface area contributed by atoms with Crippen LogP contribution in [0, 0.1) is 25.2 Å². The van der Waals surface area contributed by atoms with Crippen molar-refractivity contribution in [2.75, 3.05) is 5.32 Å². The maximum absolute atomic E-state index is 12.7. The summed E-state index contributed by atoms with van der Waals surface area (Å²) < 4.78 is 6.19. The second-order valence-corrected chi connectivity index (χ2v) is 7.90. The molecule has 4 aromatic rings. The summed E-state index contributed by atoms with van der Waals surface area (Å²) in [6.07, 6.45) is 1.57. The lowest BCUT2D eigenvalue weighted by atomic mass is 10.0. The number of hydrogen-bond acceptors (Lipinski definition) is 3. The van der Waals surface area contributed by atoms with Crippen molar-refractivity contribution in [3.05, 3.63) is 113 Å². The van der Waals surface area contributed by atoms with Gasteiger partial charge in [0.25, 0.3) is 5.91 Å². The van der Waals surface area contributed by atoms with Crippen LogP contribution in [0.15, 0.2) is 90.5 Å². The Bertz CT molecular complexity index is 1400. The number of nitriles is 1. The third kappa shape index (κ3) is 5.11. The number of benzene rings is 4. The number of para-hydroxylation sites is 1. The number of rotatable bonds is 6.